The number of nitro benzene ring substituents is 1. The number of fused-ring (bicyclic) bond motifs is 2. The Morgan fingerprint density at radius 1 is 0.972 bits per heavy atom. The summed E-state index contributed by atoms with van der Waals surface area (Å²) in [5.74, 6) is 0.0395. The van der Waals surface area contributed by atoms with Crippen molar-refractivity contribution >= 4 is 44.0 Å². The monoisotopic (exact) mass is 989 g/mol. The van der Waals surface area contributed by atoms with E-state index in [0.29, 0.717) is 62.5 Å². The Labute approximate surface area is 413 Å². The van der Waals surface area contributed by atoms with Crippen molar-refractivity contribution < 1.29 is 42.2 Å². The molecule has 3 saturated heterocycles. The van der Waals surface area contributed by atoms with Crippen LogP contribution >= 0.6 is 0 Å². The van der Waals surface area contributed by atoms with Crippen LogP contribution < -0.4 is 29.1 Å². The van der Waals surface area contributed by atoms with Crippen molar-refractivity contribution in [3.05, 3.63) is 99.7 Å². The summed E-state index contributed by atoms with van der Waals surface area (Å²) in [5, 5.41) is 27.0. The number of anilines is 2. The lowest BCUT2D eigenvalue weighted by molar-refractivity contribution is -0.384. The average Bonchev–Trinajstić information content (AvgIpc) is 4.01. The summed E-state index contributed by atoms with van der Waals surface area (Å²) in [6.07, 6.45) is 10.9. The normalized spacial score (nSPS) is 24.7. The van der Waals surface area contributed by atoms with E-state index in [9.17, 15) is 28.4 Å². The topological polar surface area (TPSA) is 211 Å². The molecule has 2 aromatic heterocycles. The van der Waals surface area contributed by atoms with E-state index >= 15 is 0 Å². The minimum atomic E-state index is -4.72. The highest BCUT2D eigenvalue weighted by Crippen LogP contribution is 2.54. The molecule has 1 spiro atoms. The van der Waals surface area contributed by atoms with Crippen LogP contribution in [0.5, 0.6) is 23.1 Å². The summed E-state index contributed by atoms with van der Waals surface area (Å²) >= 11 is 0. The van der Waals surface area contributed by atoms with Gasteiger partial charge in [-0.2, -0.15) is 4.98 Å². The molecule has 1 amide bonds. The number of H-pyrrole nitrogens is 1. The van der Waals surface area contributed by atoms with E-state index in [4.69, 9.17) is 18.9 Å². The first-order valence-corrected chi connectivity index (χ1v) is 26.7. The molecule has 11 rings (SSSR count). The summed E-state index contributed by atoms with van der Waals surface area (Å²) in [6, 6.07) is 20.6. The Balaban J connectivity index is 0.837. The highest BCUT2D eigenvalue weighted by atomic mass is 32.2. The maximum absolute atomic E-state index is 14.4. The van der Waals surface area contributed by atoms with Crippen LogP contribution in [0.2, 0.25) is 0 Å². The lowest BCUT2D eigenvalue weighted by atomic mass is 9.59. The maximum Gasteiger partial charge on any atom is 0.297 e. The molecular formula is C53H63N7O10S. The Hall–Kier alpha value is -5.95. The molecule has 376 valence electrons. The van der Waals surface area contributed by atoms with Crippen molar-refractivity contribution in [2.75, 3.05) is 49.7 Å². The van der Waals surface area contributed by atoms with Crippen LogP contribution in [0.4, 0.5) is 17.1 Å². The zero-order valence-corrected chi connectivity index (χ0v) is 41.3. The maximum atomic E-state index is 14.4. The number of nitrogens with one attached hydrogen (secondary N) is 3. The molecule has 17 nitrogen and oxygen atoms in total. The van der Waals surface area contributed by atoms with E-state index in [1.165, 1.54) is 42.9 Å². The van der Waals surface area contributed by atoms with Crippen molar-refractivity contribution in [2.24, 2.45) is 11.3 Å². The largest absolute Gasteiger partial charge is 0.489 e. The average molecular weight is 990 g/mol. The van der Waals surface area contributed by atoms with E-state index in [2.05, 4.69) is 67.9 Å². The second kappa shape index (κ2) is 18.6. The van der Waals surface area contributed by atoms with Gasteiger partial charge in [-0.05, 0) is 130 Å². The van der Waals surface area contributed by atoms with Gasteiger partial charge in [0.2, 0.25) is 0 Å². The van der Waals surface area contributed by atoms with Gasteiger partial charge in [-0.15, -0.1) is 0 Å². The summed E-state index contributed by atoms with van der Waals surface area (Å²) < 4.78 is 54.6. The number of pyridine rings is 1. The van der Waals surface area contributed by atoms with Gasteiger partial charge in [0, 0.05) is 60.6 Å². The van der Waals surface area contributed by atoms with Gasteiger partial charge in [-0.1, -0.05) is 38.1 Å². The van der Waals surface area contributed by atoms with Crippen molar-refractivity contribution in [1.29, 1.82) is 0 Å². The zero-order chi connectivity index (χ0) is 49.2. The lowest BCUT2D eigenvalue weighted by Crippen LogP contribution is -2.54. The number of hydrogen-bond donors (Lipinski definition) is 4. The Morgan fingerprint density at radius 2 is 1.75 bits per heavy atom. The molecule has 4 N–H and O–H groups in total. The number of ether oxygens (including phenoxy) is 4. The molecule has 6 aliphatic rings. The number of aromatic nitrogens is 2. The summed E-state index contributed by atoms with van der Waals surface area (Å²) in [6.45, 7) is 10.0. The van der Waals surface area contributed by atoms with Crippen LogP contribution in [0, 0.1) is 21.4 Å². The minimum absolute atomic E-state index is 0.00937. The minimum Gasteiger partial charge on any atom is -0.489 e. The standard InChI is InChI=1S/C53H63N7O10S/c1-32(2)39-7-4-5-8-40(39)43-9-6-20-59(43)36-27-53(28-36)17-21-58(22-18-53)35-10-11-41(45(24-35)70-47-23-34-14-19-54-49(34)56-51(47)69-37-29-67-30-37)50(61)57-71(65,66)38-25-44(60(63)64)48-46(26-38)68-31-42(55-48)33-12-15-52(3,62)16-13-33/h4-5,7-8,10-11,14,19,23-26,32-33,36-37,42-43,55,62H,6,9,12-13,15-18,20-22,27-31H2,1-3H3,(H,54,56)(H,57,61)/t33-,42-,43-,52-/m1/s1. The molecule has 0 radical (unpaired) electrons. The first-order chi connectivity index (χ1) is 34.1. The molecule has 3 aromatic carbocycles. The van der Waals surface area contributed by atoms with Gasteiger partial charge in [0.1, 0.15) is 24.1 Å². The number of sulfonamides is 1. The number of carbonyl (C=O) groups excluding carboxylic acids is 1. The number of piperidine rings is 1. The van der Waals surface area contributed by atoms with Crippen LogP contribution in [-0.4, -0.2) is 102 Å². The SMILES string of the molecule is CC(C)c1ccccc1[C@H]1CCCN1C1CC2(CCN(c3ccc(C(=O)NS(=O)(=O)c4cc5c(c([N+](=O)[O-])c4)N[C@@H]([C@H]4CC[C@](C)(O)CC4)CO5)c(Oc4cc5cc[nH]c5nc4OC4COC4)c3)CC2)C1. The van der Waals surface area contributed by atoms with Crippen LogP contribution in [0.15, 0.2) is 77.8 Å². The first-order valence-electron chi connectivity index (χ1n) is 25.3. The molecule has 2 saturated carbocycles. The second-order valence-corrected chi connectivity index (χ2v) is 23.1. The molecule has 4 aliphatic heterocycles. The van der Waals surface area contributed by atoms with Crippen molar-refractivity contribution in [3.8, 4) is 23.1 Å². The molecule has 5 fully saturated rings. The van der Waals surface area contributed by atoms with Crippen LogP contribution in [0.25, 0.3) is 11.0 Å². The van der Waals surface area contributed by atoms with Gasteiger partial charge in [-0.3, -0.25) is 19.8 Å². The smallest absolute Gasteiger partial charge is 0.297 e. The number of benzene rings is 3. The predicted octanol–water partition coefficient (Wildman–Crippen LogP) is 8.98. The molecule has 5 aromatic rings. The van der Waals surface area contributed by atoms with Gasteiger partial charge >= 0.3 is 0 Å². The number of nitro groups is 1. The Kier molecular flexibility index (Phi) is 12.4. The fourth-order valence-electron chi connectivity index (χ4n) is 12.1. The summed E-state index contributed by atoms with van der Waals surface area (Å²) in [5.41, 5.74) is 3.32. The van der Waals surface area contributed by atoms with Crippen molar-refractivity contribution in [3.63, 3.8) is 0 Å². The van der Waals surface area contributed by atoms with Crippen molar-refractivity contribution in [1.82, 2.24) is 19.6 Å². The highest BCUT2D eigenvalue weighted by Gasteiger charge is 2.50. The molecule has 0 bridgehead atoms. The highest BCUT2D eigenvalue weighted by molar-refractivity contribution is 7.90. The van der Waals surface area contributed by atoms with Gasteiger partial charge in [0.15, 0.2) is 17.2 Å². The number of aliphatic hydroxyl groups is 1. The number of aromatic amines is 1. The molecule has 0 unspecified atom stereocenters. The number of rotatable bonds is 13. The van der Waals surface area contributed by atoms with E-state index in [-0.39, 0.29) is 64.5 Å². The quantitative estimate of drug-likeness (QED) is 0.0641. The molecule has 2 aliphatic carbocycles. The van der Waals surface area contributed by atoms with Crippen LogP contribution in [-0.2, 0) is 14.8 Å². The van der Waals surface area contributed by atoms with Gasteiger partial charge in [-0.25, -0.2) is 13.1 Å². The van der Waals surface area contributed by atoms with Crippen LogP contribution in [0.3, 0.4) is 0 Å². The van der Waals surface area contributed by atoms with Gasteiger partial charge in [0.05, 0.1) is 40.2 Å². The molecule has 6 heterocycles. The van der Waals surface area contributed by atoms with E-state index in [1.54, 1.807) is 37.4 Å². The third-order valence-electron chi connectivity index (χ3n) is 16.3. The third kappa shape index (κ3) is 9.39. The van der Waals surface area contributed by atoms with E-state index < -0.39 is 37.0 Å². The van der Waals surface area contributed by atoms with E-state index in [0.717, 1.165) is 49.6 Å². The fourth-order valence-corrected chi connectivity index (χ4v) is 13.1. The number of nitrogens with zero attached hydrogens (tertiary/aromatic N) is 4. The van der Waals surface area contributed by atoms with E-state index in [1.807, 2.05) is 6.07 Å². The van der Waals surface area contributed by atoms with Gasteiger partial charge in [0.25, 0.3) is 27.5 Å². The molecule has 18 heteroatoms. The molecular weight excluding hydrogens is 927 g/mol. The van der Waals surface area contributed by atoms with Gasteiger partial charge < -0.3 is 39.3 Å². The van der Waals surface area contributed by atoms with Crippen molar-refractivity contribution in [2.45, 2.75) is 126 Å². The Bertz CT molecular complexity index is 2950. The number of amides is 1. The zero-order valence-electron chi connectivity index (χ0n) is 40.5. The predicted molar refractivity (Wildman–Crippen MR) is 267 cm³/mol. The molecule has 2 atom stereocenters. The molecule has 71 heavy (non-hydrogen) atoms. The second-order valence-electron chi connectivity index (χ2n) is 21.4. The summed E-state index contributed by atoms with van der Waals surface area (Å²) in [7, 11) is -4.72. The lowest BCUT2D eigenvalue weighted by Gasteiger charge is -2.56. The number of likely N-dealkylation sites (tertiary alicyclic amines) is 1. The Morgan fingerprint density at radius 3 is 2.48 bits per heavy atom. The number of hydrogen-bond acceptors (Lipinski definition) is 14. The van der Waals surface area contributed by atoms with Crippen LogP contribution in [0.1, 0.15) is 118 Å². The first kappa shape index (κ1) is 47.4. The summed E-state index contributed by atoms with van der Waals surface area (Å²) in [4.78, 5) is 38.5. The fraction of sp³-hybridized carbons (Fsp3) is 0.509. The number of carbonyl (C=O) groups is 1. The third-order valence-corrected chi connectivity index (χ3v) is 17.6.